The monoisotopic (exact) mass is 253 g/mol. The van der Waals surface area contributed by atoms with Gasteiger partial charge in [0, 0.05) is 11.6 Å². The molecule has 1 aliphatic heterocycles. The van der Waals surface area contributed by atoms with Crippen LogP contribution in [0.1, 0.15) is 19.4 Å². The van der Waals surface area contributed by atoms with Gasteiger partial charge in [-0.25, -0.2) is 0 Å². The summed E-state index contributed by atoms with van der Waals surface area (Å²) in [5.74, 6) is 0.667. The Bertz CT molecular complexity index is 666. The van der Waals surface area contributed by atoms with E-state index in [4.69, 9.17) is 9.31 Å². The minimum atomic E-state index is -0.441. The number of rotatable bonds is 1. The van der Waals surface area contributed by atoms with Crippen molar-refractivity contribution in [1.29, 1.82) is 0 Å². The first kappa shape index (κ1) is 12.2. The fraction of sp³-hybridized carbons (Fsp3) is 0.267. The van der Waals surface area contributed by atoms with Crippen LogP contribution in [-0.4, -0.2) is 17.7 Å². The molecule has 1 aliphatic rings. The van der Waals surface area contributed by atoms with Crippen molar-refractivity contribution in [2.75, 3.05) is 0 Å². The third kappa shape index (κ3) is 2.02. The first-order valence-electron chi connectivity index (χ1n) is 6.36. The van der Waals surface area contributed by atoms with Gasteiger partial charge in [-0.3, -0.25) is 4.98 Å². The van der Waals surface area contributed by atoms with Gasteiger partial charge in [-0.05, 0) is 43.9 Å². The molecule has 0 amide bonds. The third-order valence-electron chi connectivity index (χ3n) is 3.58. The van der Waals surface area contributed by atoms with E-state index in [0.717, 1.165) is 16.4 Å². The fourth-order valence-corrected chi connectivity index (χ4v) is 2.21. The molecule has 0 aliphatic carbocycles. The lowest BCUT2D eigenvalue weighted by Gasteiger charge is -2.15. The van der Waals surface area contributed by atoms with Crippen molar-refractivity contribution in [3.63, 3.8) is 0 Å². The molecule has 2 heterocycles. The highest BCUT2D eigenvalue weighted by Gasteiger charge is 2.42. The topological polar surface area (TPSA) is 31.4 Å². The summed E-state index contributed by atoms with van der Waals surface area (Å²) in [4.78, 5) is 4.35. The highest BCUT2D eigenvalue weighted by Crippen LogP contribution is 2.29. The van der Waals surface area contributed by atoms with Crippen molar-refractivity contribution in [1.82, 2.24) is 4.98 Å². The maximum absolute atomic E-state index is 5.89. The van der Waals surface area contributed by atoms with Crippen LogP contribution in [0.15, 0.2) is 42.8 Å². The second-order valence-corrected chi connectivity index (χ2v) is 5.41. The minimum absolute atomic E-state index is 0.383. The van der Waals surface area contributed by atoms with Crippen LogP contribution in [-0.2, 0) is 9.31 Å². The SMILES string of the molecule is C=C1OB(c2ccc3nccc(C)c3c2)OC1(C)C. The van der Waals surface area contributed by atoms with Gasteiger partial charge in [0.2, 0.25) is 0 Å². The number of nitrogens with zero attached hydrogens (tertiary/aromatic N) is 1. The third-order valence-corrected chi connectivity index (χ3v) is 3.58. The normalized spacial score (nSPS) is 17.8. The molecule has 2 aromatic rings. The summed E-state index contributed by atoms with van der Waals surface area (Å²) < 4.78 is 11.6. The van der Waals surface area contributed by atoms with Crippen molar-refractivity contribution in [3.8, 4) is 0 Å². The van der Waals surface area contributed by atoms with E-state index in [2.05, 4.69) is 24.6 Å². The Morgan fingerprint density at radius 1 is 1.26 bits per heavy atom. The van der Waals surface area contributed by atoms with Crippen LogP contribution < -0.4 is 5.46 Å². The second-order valence-electron chi connectivity index (χ2n) is 5.41. The van der Waals surface area contributed by atoms with Crippen LogP contribution in [0, 0.1) is 6.92 Å². The smallest absolute Gasteiger partial charge is 0.534 e. The summed E-state index contributed by atoms with van der Waals surface area (Å²) in [6.45, 7) is 9.90. The number of aryl methyl sites for hydroxylation is 1. The molecule has 1 aromatic carbocycles. The average Bonchev–Trinajstić information content (AvgIpc) is 2.64. The first-order chi connectivity index (χ1) is 8.97. The minimum Gasteiger partial charge on any atom is -0.534 e. The van der Waals surface area contributed by atoms with E-state index in [1.807, 2.05) is 38.2 Å². The van der Waals surface area contributed by atoms with Crippen molar-refractivity contribution in [2.45, 2.75) is 26.4 Å². The van der Waals surface area contributed by atoms with Gasteiger partial charge in [0.1, 0.15) is 5.60 Å². The van der Waals surface area contributed by atoms with Gasteiger partial charge in [-0.2, -0.15) is 0 Å². The predicted octanol–water partition coefficient (Wildman–Crippen LogP) is 2.58. The van der Waals surface area contributed by atoms with Gasteiger partial charge < -0.3 is 9.31 Å². The average molecular weight is 253 g/mol. The highest BCUT2D eigenvalue weighted by molar-refractivity contribution is 6.62. The lowest BCUT2D eigenvalue weighted by Crippen LogP contribution is -2.34. The Balaban J connectivity index is 2.03. The van der Waals surface area contributed by atoms with Gasteiger partial charge in [0.05, 0.1) is 11.3 Å². The van der Waals surface area contributed by atoms with E-state index in [-0.39, 0.29) is 7.12 Å². The van der Waals surface area contributed by atoms with E-state index in [9.17, 15) is 0 Å². The summed E-state index contributed by atoms with van der Waals surface area (Å²) >= 11 is 0. The van der Waals surface area contributed by atoms with Crippen LogP contribution in [0.4, 0.5) is 0 Å². The Kier molecular flexibility index (Phi) is 2.64. The summed E-state index contributed by atoms with van der Waals surface area (Å²) in [7, 11) is -0.383. The van der Waals surface area contributed by atoms with Crippen LogP contribution in [0.25, 0.3) is 10.9 Å². The largest absolute Gasteiger partial charge is 0.563 e. The van der Waals surface area contributed by atoms with Crippen LogP contribution in [0.5, 0.6) is 0 Å². The summed E-state index contributed by atoms with van der Waals surface area (Å²) in [5, 5.41) is 1.13. The van der Waals surface area contributed by atoms with Gasteiger partial charge in [0.15, 0.2) is 0 Å². The van der Waals surface area contributed by atoms with E-state index in [1.54, 1.807) is 0 Å². The number of hydrogen-bond acceptors (Lipinski definition) is 3. The lowest BCUT2D eigenvalue weighted by molar-refractivity contribution is 0.173. The first-order valence-corrected chi connectivity index (χ1v) is 6.36. The molecule has 0 spiro atoms. The molecule has 3 rings (SSSR count). The maximum atomic E-state index is 5.89. The number of fused-ring (bicyclic) bond motifs is 1. The molecule has 19 heavy (non-hydrogen) atoms. The van der Waals surface area contributed by atoms with Crippen molar-refractivity contribution >= 4 is 23.5 Å². The predicted molar refractivity (Wildman–Crippen MR) is 77.3 cm³/mol. The van der Waals surface area contributed by atoms with Crippen molar-refractivity contribution in [2.24, 2.45) is 0 Å². The molecule has 1 saturated heterocycles. The number of hydrogen-bond donors (Lipinski definition) is 0. The van der Waals surface area contributed by atoms with E-state index in [0.29, 0.717) is 5.76 Å². The standard InChI is InChI=1S/C15H16BNO2/c1-10-7-8-17-14-6-5-12(9-13(10)14)16-18-11(2)15(3,4)19-16/h5-9H,2H2,1,3-4H3. The molecular formula is C15H16BNO2. The number of pyridine rings is 1. The molecule has 0 atom stereocenters. The zero-order chi connectivity index (χ0) is 13.6. The maximum Gasteiger partial charge on any atom is 0.563 e. The Hall–Kier alpha value is -1.81. The Morgan fingerprint density at radius 2 is 2.05 bits per heavy atom. The molecule has 0 unspecified atom stereocenters. The molecule has 96 valence electrons. The second kappa shape index (κ2) is 4.10. The quantitative estimate of drug-likeness (QED) is 0.732. The Labute approximate surface area is 113 Å². The van der Waals surface area contributed by atoms with Crippen LogP contribution in [0.3, 0.4) is 0 Å². The van der Waals surface area contributed by atoms with Crippen molar-refractivity contribution in [3.05, 3.63) is 48.4 Å². The molecular weight excluding hydrogens is 237 g/mol. The molecule has 0 N–H and O–H groups in total. The van der Waals surface area contributed by atoms with Gasteiger partial charge >= 0.3 is 7.12 Å². The summed E-state index contributed by atoms with van der Waals surface area (Å²) in [6, 6.07) is 8.08. The molecule has 1 fully saturated rings. The highest BCUT2D eigenvalue weighted by atomic mass is 16.7. The fourth-order valence-electron chi connectivity index (χ4n) is 2.21. The Morgan fingerprint density at radius 3 is 2.74 bits per heavy atom. The van der Waals surface area contributed by atoms with Crippen molar-refractivity contribution < 1.29 is 9.31 Å². The molecule has 0 bridgehead atoms. The number of benzene rings is 1. The van der Waals surface area contributed by atoms with E-state index in [1.165, 1.54) is 5.56 Å². The molecule has 1 aromatic heterocycles. The zero-order valence-electron chi connectivity index (χ0n) is 11.4. The van der Waals surface area contributed by atoms with Crippen LogP contribution in [0.2, 0.25) is 0 Å². The molecule has 0 saturated carbocycles. The van der Waals surface area contributed by atoms with Gasteiger partial charge in [-0.15, -0.1) is 0 Å². The van der Waals surface area contributed by atoms with Crippen LogP contribution >= 0.6 is 0 Å². The van der Waals surface area contributed by atoms with Gasteiger partial charge in [-0.1, -0.05) is 18.7 Å². The summed E-state index contributed by atoms with van der Waals surface area (Å²) in [5.41, 5.74) is 2.74. The number of aromatic nitrogens is 1. The summed E-state index contributed by atoms with van der Waals surface area (Å²) in [6.07, 6.45) is 1.82. The zero-order valence-corrected chi connectivity index (χ0v) is 11.4. The molecule has 4 heteroatoms. The molecule has 3 nitrogen and oxygen atoms in total. The van der Waals surface area contributed by atoms with E-state index < -0.39 is 5.60 Å². The van der Waals surface area contributed by atoms with Gasteiger partial charge in [0.25, 0.3) is 0 Å². The van der Waals surface area contributed by atoms with E-state index >= 15 is 0 Å². The lowest BCUT2D eigenvalue weighted by atomic mass is 9.78. The molecule has 0 radical (unpaired) electrons.